The SMILES string of the molecule is O=C(Nc1cnc(C2CC2)nc1)C1CC2C=CC1NC2. The van der Waals surface area contributed by atoms with Crippen molar-refractivity contribution in [1.29, 1.82) is 0 Å². The van der Waals surface area contributed by atoms with Crippen LogP contribution in [0.5, 0.6) is 0 Å². The van der Waals surface area contributed by atoms with Crippen LogP contribution in [0.25, 0.3) is 0 Å². The van der Waals surface area contributed by atoms with E-state index in [0.717, 1.165) is 18.8 Å². The van der Waals surface area contributed by atoms with E-state index in [1.807, 2.05) is 0 Å². The van der Waals surface area contributed by atoms with E-state index >= 15 is 0 Å². The number of rotatable bonds is 3. The van der Waals surface area contributed by atoms with Crippen LogP contribution in [0.15, 0.2) is 24.5 Å². The first-order valence-corrected chi connectivity index (χ1v) is 7.34. The third kappa shape index (κ3) is 2.22. The van der Waals surface area contributed by atoms with E-state index in [1.54, 1.807) is 12.4 Å². The van der Waals surface area contributed by atoms with Gasteiger partial charge in [-0.15, -0.1) is 0 Å². The van der Waals surface area contributed by atoms with Crippen LogP contribution in [0.3, 0.4) is 0 Å². The molecule has 104 valence electrons. The van der Waals surface area contributed by atoms with Gasteiger partial charge in [0.15, 0.2) is 0 Å². The van der Waals surface area contributed by atoms with Gasteiger partial charge in [0, 0.05) is 18.5 Å². The van der Waals surface area contributed by atoms with E-state index in [4.69, 9.17) is 0 Å². The molecule has 20 heavy (non-hydrogen) atoms. The van der Waals surface area contributed by atoms with Crippen molar-refractivity contribution in [3.8, 4) is 0 Å². The average molecular weight is 270 g/mol. The normalized spacial score (nSPS) is 31.3. The van der Waals surface area contributed by atoms with Crippen molar-refractivity contribution in [2.45, 2.75) is 31.2 Å². The third-order valence-electron chi connectivity index (χ3n) is 4.42. The minimum atomic E-state index is 0.0156. The Morgan fingerprint density at radius 2 is 2.05 bits per heavy atom. The molecule has 1 aromatic rings. The number of hydrogen-bond acceptors (Lipinski definition) is 4. The summed E-state index contributed by atoms with van der Waals surface area (Å²) >= 11 is 0. The molecule has 2 aliphatic carbocycles. The molecule has 2 N–H and O–H groups in total. The molecule has 2 aliphatic heterocycles. The average Bonchev–Trinajstić information content (AvgIpc) is 3.34. The summed E-state index contributed by atoms with van der Waals surface area (Å²) in [5.41, 5.74) is 0.699. The van der Waals surface area contributed by atoms with Gasteiger partial charge in [-0.25, -0.2) is 9.97 Å². The lowest BCUT2D eigenvalue weighted by Gasteiger charge is -2.37. The summed E-state index contributed by atoms with van der Waals surface area (Å²) < 4.78 is 0. The molecule has 1 saturated heterocycles. The predicted molar refractivity (Wildman–Crippen MR) is 75.2 cm³/mol. The molecular weight excluding hydrogens is 252 g/mol. The van der Waals surface area contributed by atoms with Gasteiger partial charge in [-0.3, -0.25) is 4.79 Å². The summed E-state index contributed by atoms with van der Waals surface area (Å²) in [7, 11) is 0. The summed E-state index contributed by atoms with van der Waals surface area (Å²) in [6.07, 6.45) is 11.1. The van der Waals surface area contributed by atoms with E-state index in [2.05, 4.69) is 32.8 Å². The summed E-state index contributed by atoms with van der Waals surface area (Å²) in [5, 5.41) is 6.33. The van der Waals surface area contributed by atoms with E-state index in [-0.39, 0.29) is 17.9 Å². The molecule has 3 atom stereocenters. The van der Waals surface area contributed by atoms with Crippen LogP contribution < -0.4 is 10.6 Å². The number of carbonyl (C=O) groups excluding carboxylic acids is 1. The molecule has 5 rings (SSSR count). The molecule has 0 spiro atoms. The highest BCUT2D eigenvalue weighted by atomic mass is 16.1. The van der Waals surface area contributed by atoms with E-state index < -0.39 is 0 Å². The number of carbonyl (C=O) groups is 1. The lowest BCUT2D eigenvalue weighted by molar-refractivity contribution is -0.121. The van der Waals surface area contributed by atoms with Gasteiger partial charge in [0.25, 0.3) is 0 Å². The van der Waals surface area contributed by atoms with Gasteiger partial charge in [0.1, 0.15) is 5.82 Å². The lowest BCUT2D eigenvalue weighted by atomic mass is 9.78. The molecule has 1 amide bonds. The first-order valence-electron chi connectivity index (χ1n) is 7.34. The summed E-state index contributed by atoms with van der Waals surface area (Å²) in [5.74, 6) is 2.03. The molecule has 3 unspecified atom stereocenters. The Kier molecular flexibility index (Phi) is 2.80. The van der Waals surface area contributed by atoms with Crippen LogP contribution in [0.4, 0.5) is 5.69 Å². The second kappa shape index (κ2) is 4.66. The standard InChI is InChI=1S/C15H18N4O/c20-15(12-5-9-1-4-13(12)16-6-9)19-11-7-17-14(18-8-11)10-2-3-10/h1,4,7-10,12-13,16H,2-3,5-6H2,(H,19,20). The quantitative estimate of drug-likeness (QED) is 0.816. The van der Waals surface area contributed by atoms with Crippen LogP contribution in [0, 0.1) is 11.8 Å². The lowest BCUT2D eigenvalue weighted by Crippen LogP contribution is -2.51. The van der Waals surface area contributed by atoms with Gasteiger partial charge in [0.2, 0.25) is 5.91 Å². The first-order chi connectivity index (χ1) is 9.79. The molecule has 1 aromatic heterocycles. The van der Waals surface area contributed by atoms with Gasteiger partial charge in [-0.2, -0.15) is 0 Å². The number of fused-ring (bicyclic) bond motifs is 2. The van der Waals surface area contributed by atoms with Gasteiger partial charge < -0.3 is 10.6 Å². The van der Waals surface area contributed by atoms with Gasteiger partial charge >= 0.3 is 0 Å². The summed E-state index contributed by atoms with van der Waals surface area (Å²) in [4.78, 5) is 21.0. The molecule has 2 fully saturated rings. The summed E-state index contributed by atoms with van der Waals surface area (Å²) in [6.45, 7) is 0.990. The van der Waals surface area contributed by atoms with Crippen molar-refractivity contribution in [3.63, 3.8) is 0 Å². The van der Waals surface area contributed by atoms with Crippen LogP contribution in [-0.4, -0.2) is 28.5 Å². The van der Waals surface area contributed by atoms with Crippen molar-refractivity contribution >= 4 is 11.6 Å². The Hall–Kier alpha value is -1.75. The van der Waals surface area contributed by atoms with Gasteiger partial charge in [-0.05, 0) is 25.2 Å². The zero-order valence-electron chi connectivity index (χ0n) is 11.2. The molecule has 0 aromatic carbocycles. The topological polar surface area (TPSA) is 66.9 Å². The van der Waals surface area contributed by atoms with E-state index in [1.165, 1.54) is 12.8 Å². The highest BCUT2D eigenvalue weighted by Crippen LogP contribution is 2.37. The van der Waals surface area contributed by atoms with Gasteiger partial charge in [0.05, 0.1) is 24.0 Å². The number of aromatic nitrogens is 2. The molecule has 0 radical (unpaired) electrons. The number of hydrogen-bond donors (Lipinski definition) is 2. The second-order valence-electron chi connectivity index (χ2n) is 6.01. The summed E-state index contributed by atoms with van der Waals surface area (Å²) in [6, 6.07) is 0.173. The molecule has 5 heteroatoms. The van der Waals surface area contributed by atoms with Gasteiger partial charge in [-0.1, -0.05) is 12.2 Å². The Morgan fingerprint density at radius 1 is 1.25 bits per heavy atom. The second-order valence-corrected chi connectivity index (χ2v) is 6.01. The van der Waals surface area contributed by atoms with Crippen molar-refractivity contribution in [1.82, 2.24) is 15.3 Å². The van der Waals surface area contributed by atoms with Crippen molar-refractivity contribution in [2.24, 2.45) is 11.8 Å². The van der Waals surface area contributed by atoms with Crippen molar-refractivity contribution < 1.29 is 4.79 Å². The maximum atomic E-state index is 12.3. The molecule has 3 heterocycles. The molecule has 5 nitrogen and oxygen atoms in total. The number of nitrogens with zero attached hydrogens (tertiary/aromatic N) is 2. The zero-order valence-corrected chi connectivity index (χ0v) is 11.2. The van der Waals surface area contributed by atoms with Crippen LogP contribution >= 0.6 is 0 Å². The fourth-order valence-electron chi connectivity index (χ4n) is 3.07. The highest BCUT2D eigenvalue weighted by molar-refractivity contribution is 5.93. The van der Waals surface area contributed by atoms with Crippen LogP contribution in [0.1, 0.15) is 31.0 Å². The maximum absolute atomic E-state index is 12.3. The smallest absolute Gasteiger partial charge is 0.229 e. The Balaban J connectivity index is 1.43. The van der Waals surface area contributed by atoms with Crippen molar-refractivity contribution in [3.05, 3.63) is 30.4 Å². The third-order valence-corrected chi connectivity index (χ3v) is 4.42. The Morgan fingerprint density at radius 3 is 2.60 bits per heavy atom. The predicted octanol–water partition coefficient (Wildman–Crippen LogP) is 1.46. The van der Waals surface area contributed by atoms with Crippen LogP contribution in [0.2, 0.25) is 0 Å². The fraction of sp³-hybridized carbons (Fsp3) is 0.533. The molecule has 2 bridgehead atoms. The monoisotopic (exact) mass is 270 g/mol. The molecule has 4 aliphatic rings. The Bertz CT molecular complexity index is 549. The number of nitrogens with one attached hydrogen (secondary N) is 2. The zero-order chi connectivity index (χ0) is 13.5. The molecule has 1 saturated carbocycles. The number of anilines is 1. The van der Waals surface area contributed by atoms with Crippen molar-refractivity contribution in [2.75, 3.05) is 11.9 Å². The first kappa shape index (κ1) is 12.0. The fourth-order valence-corrected chi connectivity index (χ4v) is 3.07. The molecular formula is C15H18N4O. The van der Waals surface area contributed by atoms with E-state index in [0.29, 0.717) is 17.5 Å². The largest absolute Gasteiger partial charge is 0.323 e. The minimum absolute atomic E-state index is 0.0156. The van der Waals surface area contributed by atoms with Crippen LogP contribution in [-0.2, 0) is 4.79 Å². The number of piperidine rings is 1. The minimum Gasteiger partial charge on any atom is -0.323 e. The maximum Gasteiger partial charge on any atom is 0.229 e. The highest BCUT2D eigenvalue weighted by Gasteiger charge is 2.36. The van der Waals surface area contributed by atoms with E-state index in [9.17, 15) is 4.79 Å². The number of amides is 1. The Labute approximate surface area is 117 Å².